The lowest BCUT2D eigenvalue weighted by Crippen LogP contribution is -2.57. The van der Waals surface area contributed by atoms with Crippen molar-refractivity contribution in [2.45, 2.75) is 18.9 Å². The molecule has 1 N–H and O–H groups in total. The number of aromatic nitrogens is 1. The van der Waals surface area contributed by atoms with Crippen molar-refractivity contribution in [3.05, 3.63) is 30.1 Å². The van der Waals surface area contributed by atoms with Crippen molar-refractivity contribution in [2.75, 3.05) is 7.05 Å². The highest BCUT2D eigenvalue weighted by molar-refractivity contribution is 5.97. The van der Waals surface area contributed by atoms with Crippen LogP contribution in [0.15, 0.2) is 24.5 Å². The molecular formula is C11H13N3O2. The molecule has 1 aliphatic heterocycles. The number of hydrogen-bond acceptors (Lipinski definition) is 3. The Kier molecular flexibility index (Phi) is 2.38. The van der Waals surface area contributed by atoms with Crippen LogP contribution in [0, 0.1) is 0 Å². The second-order valence-electron chi connectivity index (χ2n) is 4.10. The van der Waals surface area contributed by atoms with Gasteiger partial charge < -0.3 is 4.90 Å². The molecule has 1 fully saturated rings. The Balaban J connectivity index is 2.43. The smallest absolute Gasteiger partial charge is 0.318 e. The Morgan fingerprint density at radius 3 is 2.62 bits per heavy atom. The fourth-order valence-electron chi connectivity index (χ4n) is 1.91. The van der Waals surface area contributed by atoms with E-state index in [-0.39, 0.29) is 18.4 Å². The molecule has 16 heavy (non-hydrogen) atoms. The van der Waals surface area contributed by atoms with Gasteiger partial charge >= 0.3 is 6.03 Å². The number of rotatable bonds is 1. The zero-order valence-electron chi connectivity index (χ0n) is 9.23. The SMILES string of the molecule is CN1C(=O)NC(=O)CC1(C)c1ccncc1. The lowest BCUT2D eigenvalue weighted by Gasteiger charge is -2.41. The third-order valence-electron chi connectivity index (χ3n) is 3.10. The van der Waals surface area contributed by atoms with E-state index in [1.54, 1.807) is 24.3 Å². The molecule has 0 spiro atoms. The molecule has 1 aliphatic rings. The minimum absolute atomic E-state index is 0.248. The Labute approximate surface area is 93.5 Å². The summed E-state index contributed by atoms with van der Waals surface area (Å²) in [5.41, 5.74) is 0.315. The normalized spacial score (nSPS) is 25.5. The molecule has 1 unspecified atom stereocenters. The van der Waals surface area contributed by atoms with Crippen molar-refractivity contribution in [3.8, 4) is 0 Å². The molecule has 1 aromatic heterocycles. The highest BCUT2D eigenvalue weighted by atomic mass is 16.2. The largest absolute Gasteiger partial charge is 0.324 e. The van der Waals surface area contributed by atoms with Crippen molar-refractivity contribution in [2.24, 2.45) is 0 Å². The number of imide groups is 1. The van der Waals surface area contributed by atoms with E-state index in [0.29, 0.717) is 0 Å². The lowest BCUT2D eigenvalue weighted by atomic mass is 9.86. The average molecular weight is 219 g/mol. The van der Waals surface area contributed by atoms with Crippen LogP contribution in [-0.4, -0.2) is 28.9 Å². The van der Waals surface area contributed by atoms with Crippen LogP contribution >= 0.6 is 0 Å². The van der Waals surface area contributed by atoms with Gasteiger partial charge in [-0.15, -0.1) is 0 Å². The number of pyridine rings is 1. The van der Waals surface area contributed by atoms with Crippen molar-refractivity contribution in [1.82, 2.24) is 15.2 Å². The van der Waals surface area contributed by atoms with E-state index < -0.39 is 5.54 Å². The zero-order valence-corrected chi connectivity index (χ0v) is 9.23. The third kappa shape index (κ3) is 1.54. The number of nitrogens with one attached hydrogen (secondary N) is 1. The van der Waals surface area contributed by atoms with Crippen LogP contribution in [0.5, 0.6) is 0 Å². The van der Waals surface area contributed by atoms with E-state index >= 15 is 0 Å². The highest BCUT2D eigenvalue weighted by Gasteiger charge is 2.41. The van der Waals surface area contributed by atoms with Gasteiger partial charge in [0.15, 0.2) is 0 Å². The van der Waals surface area contributed by atoms with Gasteiger partial charge in [-0.3, -0.25) is 15.1 Å². The van der Waals surface area contributed by atoms with Gasteiger partial charge in [-0.1, -0.05) is 0 Å². The first-order valence-corrected chi connectivity index (χ1v) is 5.02. The molecule has 84 valence electrons. The van der Waals surface area contributed by atoms with Gasteiger partial charge in [-0.25, -0.2) is 4.79 Å². The Morgan fingerprint density at radius 1 is 1.38 bits per heavy atom. The van der Waals surface area contributed by atoms with Gasteiger partial charge in [0, 0.05) is 19.4 Å². The van der Waals surface area contributed by atoms with Gasteiger partial charge in [0.05, 0.1) is 12.0 Å². The Hall–Kier alpha value is -1.91. The zero-order chi connectivity index (χ0) is 11.8. The second kappa shape index (κ2) is 3.59. The lowest BCUT2D eigenvalue weighted by molar-refractivity contribution is -0.124. The van der Waals surface area contributed by atoms with Crippen molar-refractivity contribution in [1.29, 1.82) is 0 Å². The first kappa shape index (κ1) is 10.6. The van der Waals surface area contributed by atoms with Crippen LogP contribution in [0.1, 0.15) is 18.9 Å². The van der Waals surface area contributed by atoms with Crippen LogP contribution in [0.25, 0.3) is 0 Å². The highest BCUT2D eigenvalue weighted by Crippen LogP contribution is 2.32. The summed E-state index contributed by atoms with van der Waals surface area (Å²) in [6.45, 7) is 1.87. The average Bonchev–Trinajstić information content (AvgIpc) is 2.27. The molecule has 0 aromatic carbocycles. The summed E-state index contributed by atoms with van der Waals surface area (Å²) >= 11 is 0. The predicted molar refractivity (Wildman–Crippen MR) is 57.5 cm³/mol. The van der Waals surface area contributed by atoms with Crippen LogP contribution in [0.2, 0.25) is 0 Å². The molecule has 5 nitrogen and oxygen atoms in total. The molecule has 5 heteroatoms. The monoisotopic (exact) mass is 219 g/mol. The molecule has 2 rings (SSSR count). The van der Waals surface area contributed by atoms with Crippen LogP contribution < -0.4 is 5.32 Å². The molecule has 3 amide bonds. The quantitative estimate of drug-likeness (QED) is 0.762. The maximum absolute atomic E-state index is 11.6. The van der Waals surface area contributed by atoms with Gasteiger partial charge in [0.2, 0.25) is 5.91 Å². The minimum Gasteiger partial charge on any atom is -0.318 e. The van der Waals surface area contributed by atoms with Crippen molar-refractivity contribution < 1.29 is 9.59 Å². The third-order valence-corrected chi connectivity index (χ3v) is 3.10. The topological polar surface area (TPSA) is 62.3 Å². The predicted octanol–water partition coefficient (Wildman–Crippen LogP) is 0.869. The van der Waals surface area contributed by atoms with Gasteiger partial charge in [-0.05, 0) is 24.6 Å². The first-order chi connectivity index (χ1) is 7.54. The van der Waals surface area contributed by atoms with Crippen molar-refractivity contribution in [3.63, 3.8) is 0 Å². The molecule has 1 saturated heterocycles. The Bertz CT molecular complexity index is 432. The van der Waals surface area contributed by atoms with Crippen LogP contribution in [-0.2, 0) is 10.3 Å². The summed E-state index contributed by atoms with van der Waals surface area (Å²) in [4.78, 5) is 28.5. The fourth-order valence-corrected chi connectivity index (χ4v) is 1.91. The van der Waals surface area contributed by atoms with Gasteiger partial charge in [-0.2, -0.15) is 0 Å². The van der Waals surface area contributed by atoms with E-state index in [4.69, 9.17) is 0 Å². The van der Waals surface area contributed by atoms with E-state index in [2.05, 4.69) is 10.3 Å². The maximum Gasteiger partial charge on any atom is 0.324 e. The van der Waals surface area contributed by atoms with E-state index in [0.717, 1.165) is 5.56 Å². The van der Waals surface area contributed by atoms with Crippen LogP contribution in [0.3, 0.4) is 0 Å². The summed E-state index contributed by atoms with van der Waals surface area (Å²) in [6.07, 6.45) is 3.58. The summed E-state index contributed by atoms with van der Waals surface area (Å²) in [7, 11) is 1.68. The van der Waals surface area contributed by atoms with Crippen LogP contribution in [0.4, 0.5) is 4.79 Å². The number of hydrogen-bond donors (Lipinski definition) is 1. The number of urea groups is 1. The molecule has 0 radical (unpaired) electrons. The van der Waals surface area contributed by atoms with E-state index in [1.807, 2.05) is 19.1 Å². The number of amides is 3. The summed E-state index contributed by atoms with van der Waals surface area (Å²) in [6, 6.07) is 3.28. The summed E-state index contributed by atoms with van der Waals surface area (Å²) < 4.78 is 0. The summed E-state index contributed by atoms with van der Waals surface area (Å²) in [5.74, 6) is -0.248. The summed E-state index contributed by atoms with van der Waals surface area (Å²) in [5, 5.41) is 2.29. The Morgan fingerprint density at radius 2 is 2.00 bits per heavy atom. The van der Waals surface area contributed by atoms with E-state index in [9.17, 15) is 9.59 Å². The minimum atomic E-state index is -0.595. The number of carbonyl (C=O) groups is 2. The molecule has 0 saturated carbocycles. The molecule has 1 atom stereocenters. The number of nitrogens with zero attached hydrogens (tertiary/aromatic N) is 2. The molecule has 0 aliphatic carbocycles. The number of carbonyl (C=O) groups excluding carboxylic acids is 2. The maximum atomic E-state index is 11.6. The first-order valence-electron chi connectivity index (χ1n) is 5.02. The van der Waals surface area contributed by atoms with Gasteiger partial charge in [0.25, 0.3) is 0 Å². The second-order valence-corrected chi connectivity index (χ2v) is 4.10. The standard InChI is InChI=1S/C11H13N3O2/c1-11(8-3-5-12-6-4-8)7-9(15)13-10(16)14(11)2/h3-6H,7H2,1-2H3,(H,13,15,16). The molecular weight excluding hydrogens is 206 g/mol. The van der Waals surface area contributed by atoms with Crippen molar-refractivity contribution >= 4 is 11.9 Å². The molecule has 1 aromatic rings. The molecule has 0 bridgehead atoms. The van der Waals surface area contributed by atoms with Gasteiger partial charge in [0.1, 0.15) is 0 Å². The molecule has 2 heterocycles. The van der Waals surface area contributed by atoms with E-state index in [1.165, 1.54) is 0 Å². The fraction of sp³-hybridized carbons (Fsp3) is 0.364.